The van der Waals surface area contributed by atoms with Crippen LogP contribution >= 0.6 is 0 Å². The summed E-state index contributed by atoms with van der Waals surface area (Å²) in [7, 11) is 0. The van der Waals surface area contributed by atoms with Crippen molar-refractivity contribution in [2.75, 3.05) is 26.2 Å². The van der Waals surface area contributed by atoms with E-state index < -0.39 is 0 Å². The number of hydrogen-bond acceptors (Lipinski definition) is 2. The van der Waals surface area contributed by atoms with Gasteiger partial charge < -0.3 is 10.2 Å². The van der Waals surface area contributed by atoms with Gasteiger partial charge in [0, 0.05) is 12.6 Å². The standard InChI is InChI=1S/C15H32N2/c1-4-16-11-7-5-6-8-12-17(14(2)3)13-15-9-10-15/h14-16H,4-13H2,1-3H3. The molecule has 0 atom stereocenters. The van der Waals surface area contributed by atoms with Gasteiger partial charge >= 0.3 is 0 Å². The van der Waals surface area contributed by atoms with Gasteiger partial charge in [-0.2, -0.15) is 0 Å². The predicted octanol–water partition coefficient (Wildman–Crippen LogP) is 3.28. The molecule has 0 aliphatic heterocycles. The molecule has 1 aliphatic carbocycles. The fraction of sp³-hybridized carbons (Fsp3) is 1.00. The molecule has 17 heavy (non-hydrogen) atoms. The second kappa shape index (κ2) is 8.93. The van der Waals surface area contributed by atoms with Gasteiger partial charge in [-0.25, -0.2) is 0 Å². The molecule has 0 bridgehead atoms. The summed E-state index contributed by atoms with van der Waals surface area (Å²) < 4.78 is 0. The van der Waals surface area contributed by atoms with Gasteiger partial charge in [0.2, 0.25) is 0 Å². The van der Waals surface area contributed by atoms with Crippen molar-refractivity contribution in [3.8, 4) is 0 Å². The van der Waals surface area contributed by atoms with Crippen molar-refractivity contribution in [3.63, 3.8) is 0 Å². The van der Waals surface area contributed by atoms with Crippen LogP contribution in [0.5, 0.6) is 0 Å². The SMILES string of the molecule is CCNCCCCCCN(CC1CC1)C(C)C. The molecule has 2 nitrogen and oxygen atoms in total. The summed E-state index contributed by atoms with van der Waals surface area (Å²) in [5, 5.41) is 3.39. The first-order valence-electron chi connectivity index (χ1n) is 7.68. The van der Waals surface area contributed by atoms with Crippen LogP contribution in [0.3, 0.4) is 0 Å². The summed E-state index contributed by atoms with van der Waals surface area (Å²) in [5.41, 5.74) is 0. The smallest absolute Gasteiger partial charge is 0.00387 e. The Morgan fingerprint density at radius 3 is 2.41 bits per heavy atom. The lowest BCUT2D eigenvalue weighted by Gasteiger charge is -2.26. The lowest BCUT2D eigenvalue weighted by molar-refractivity contribution is 0.208. The number of unbranched alkanes of at least 4 members (excludes halogenated alkanes) is 3. The van der Waals surface area contributed by atoms with Crippen molar-refractivity contribution in [2.45, 2.75) is 65.3 Å². The Morgan fingerprint density at radius 2 is 1.82 bits per heavy atom. The molecule has 1 saturated carbocycles. The third-order valence-corrected chi connectivity index (χ3v) is 3.72. The highest BCUT2D eigenvalue weighted by atomic mass is 15.1. The van der Waals surface area contributed by atoms with Crippen molar-refractivity contribution in [3.05, 3.63) is 0 Å². The van der Waals surface area contributed by atoms with Gasteiger partial charge in [0.05, 0.1) is 0 Å². The summed E-state index contributed by atoms with van der Waals surface area (Å²) >= 11 is 0. The van der Waals surface area contributed by atoms with E-state index in [2.05, 4.69) is 31.0 Å². The Balaban J connectivity index is 1.94. The van der Waals surface area contributed by atoms with E-state index >= 15 is 0 Å². The molecule has 1 fully saturated rings. The summed E-state index contributed by atoms with van der Waals surface area (Å²) in [6.07, 6.45) is 8.48. The van der Waals surface area contributed by atoms with Crippen molar-refractivity contribution in [1.29, 1.82) is 0 Å². The van der Waals surface area contributed by atoms with Crippen LogP contribution in [-0.2, 0) is 0 Å². The second-order valence-corrected chi connectivity index (χ2v) is 5.80. The molecule has 1 aliphatic rings. The molecule has 0 unspecified atom stereocenters. The highest BCUT2D eigenvalue weighted by Crippen LogP contribution is 2.30. The van der Waals surface area contributed by atoms with Crippen LogP contribution in [0.2, 0.25) is 0 Å². The van der Waals surface area contributed by atoms with E-state index in [1.54, 1.807) is 0 Å². The van der Waals surface area contributed by atoms with Crippen LogP contribution in [0.4, 0.5) is 0 Å². The number of rotatable bonds is 11. The van der Waals surface area contributed by atoms with Crippen LogP contribution in [0.1, 0.15) is 59.3 Å². The normalized spacial score (nSPS) is 16.1. The van der Waals surface area contributed by atoms with Crippen LogP contribution in [0.15, 0.2) is 0 Å². The van der Waals surface area contributed by atoms with Crippen LogP contribution in [-0.4, -0.2) is 37.1 Å². The second-order valence-electron chi connectivity index (χ2n) is 5.80. The van der Waals surface area contributed by atoms with Gasteiger partial charge in [0.25, 0.3) is 0 Å². The lowest BCUT2D eigenvalue weighted by Crippen LogP contribution is -2.33. The van der Waals surface area contributed by atoms with Gasteiger partial charge in [0.1, 0.15) is 0 Å². The third-order valence-electron chi connectivity index (χ3n) is 3.72. The average Bonchev–Trinajstić information content (AvgIpc) is 3.10. The summed E-state index contributed by atoms with van der Waals surface area (Å²) in [6.45, 7) is 11.8. The molecule has 0 saturated heterocycles. The van der Waals surface area contributed by atoms with Gasteiger partial charge in [-0.1, -0.05) is 19.8 Å². The van der Waals surface area contributed by atoms with Crippen LogP contribution in [0.25, 0.3) is 0 Å². The first kappa shape index (κ1) is 15.0. The fourth-order valence-corrected chi connectivity index (χ4v) is 2.29. The maximum Gasteiger partial charge on any atom is 0.00387 e. The highest BCUT2D eigenvalue weighted by molar-refractivity contribution is 4.78. The molecule has 0 heterocycles. The molecular formula is C15H32N2. The molecule has 0 aromatic carbocycles. The summed E-state index contributed by atoms with van der Waals surface area (Å²) in [4.78, 5) is 2.68. The number of nitrogens with one attached hydrogen (secondary N) is 1. The largest absolute Gasteiger partial charge is 0.317 e. The maximum atomic E-state index is 3.39. The third kappa shape index (κ3) is 7.77. The number of nitrogens with zero attached hydrogens (tertiary/aromatic N) is 1. The van der Waals surface area contributed by atoms with Crippen LogP contribution in [0, 0.1) is 5.92 Å². The molecule has 0 radical (unpaired) electrons. The monoisotopic (exact) mass is 240 g/mol. The summed E-state index contributed by atoms with van der Waals surface area (Å²) in [5.74, 6) is 1.03. The highest BCUT2D eigenvalue weighted by Gasteiger charge is 2.24. The molecule has 1 rings (SSSR count). The van der Waals surface area contributed by atoms with E-state index in [0.29, 0.717) is 0 Å². The van der Waals surface area contributed by atoms with E-state index in [-0.39, 0.29) is 0 Å². The summed E-state index contributed by atoms with van der Waals surface area (Å²) in [6, 6.07) is 0.734. The zero-order valence-corrected chi connectivity index (χ0v) is 12.2. The minimum Gasteiger partial charge on any atom is -0.317 e. The average molecular weight is 240 g/mol. The van der Waals surface area contributed by atoms with Gasteiger partial charge in [-0.3, -0.25) is 0 Å². The molecule has 1 N–H and O–H groups in total. The molecule has 2 heteroatoms. The van der Waals surface area contributed by atoms with Crippen LogP contribution < -0.4 is 5.32 Å². The van der Waals surface area contributed by atoms with Crippen molar-refractivity contribution in [2.24, 2.45) is 5.92 Å². The number of hydrogen-bond donors (Lipinski definition) is 1. The lowest BCUT2D eigenvalue weighted by atomic mass is 10.1. The quantitative estimate of drug-likeness (QED) is 0.558. The van der Waals surface area contributed by atoms with Gasteiger partial charge in [-0.05, 0) is 65.1 Å². The zero-order valence-electron chi connectivity index (χ0n) is 12.2. The van der Waals surface area contributed by atoms with E-state index in [9.17, 15) is 0 Å². The molecule has 0 aromatic heterocycles. The van der Waals surface area contributed by atoms with Crippen molar-refractivity contribution in [1.82, 2.24) is 10.2 Å². The Labute approximate surface area is 108 Å². The van der Waals surface area contributed by atoms with Gasteiger partial charge in [-0.15, -0.1) is 0 Å². The zero-order chi connectivity index (χ0) is 12.5. The predicted molar refractivity (Wildman–Crippen MR) is 76.4 cm³/mol. The fourth-order valence-electron chi connectivity index (χ4n) is 2.29. The molecule has 0 spiro atoms. The van der Waals surface area contributed by atoms with E-state index in [1.807, 2.05) is 0 Å². The minimum absolute atomic E-state index is 0.734. The van der Waals surface area contributed by atoms with Crippen molar-refractivity contribution < 1.29 is 0 Å². The van der Waals surface area contributed by atoms with E-state index in [4.69, 9.17) is 0 Å². The molecule has 0 aromatic rings. The first-order valence-corrected chi connectivity index (χ1v) is 7.68. The topological polar surface area (TPSA) is 15.3 Å². The molecular weight excluding hydrogens is 208 g/mol. The Kier molecular flexibility index (Phi) is 7.87. The van der Waals surface area contributed by atoms with E-state index in [0.717, 1.165) is 18.5 Å². The van der Waals surface area contributed by atoms with E-state index in [1.165, 1.54) is 58.2 Å². The Morgan fingerprint density at radius 1 is 1.12 bits per heavy atom. The Bertz CT molecular complexity index is 176. The maximum absolute atomic E-state index is 3.39. The van der Waals surface area contributed by atoms with Crippen molar-refractivity contribution >= 4 is 0 Å². The Hall–Kier alpha value is -0.0800. The first-order chi connectivity index (χ1) is 8.24. The molecule has 102 valence electrons. The van der Waals surface area contributed by atoms with Gasteiger partial charge in [0.15, 0.2) is 0 Å². The minimum atomic E-state index is 0.734. The molecule has 0 amide bonds.